The first-order chi connectivity index (χ1) is 7.58. The first-order valence-corrected chi connectivity index (χ1v) is 5.46. The van der Waals surface area contributed by atoms with Crippen LogP contribution in [0.5, 0.6) is 0 Å². The second kappa shape index (κ2) is 8.32. The fourth-order valence-electron chi connectivity index (χ4n) is 1.49. The Morgan fingerprint density at radius 3 is 0.941 bits per heavy atom. The Morgan fingerprint density at radius 1 is 0.588 bits per heavy atom. The summed E-state index contributed by atoms with van der Waals surface area (Å²) < 4.78 is 0. The van der Waals surface area contributed by atoms with Gasteiger partial charge in [-0.2, -0.15) is 70.8 Å². The van der Waals surface area contributed by atoms with E-state index in [4.69, 9.17) is 0 Å². The summed E-state index contributed by atoms with van der Waals surface area (Å²) in [5, 5.41) is 0. The molecule has 0 saturated heterocycles. The zero-order chi connectivity index (χ0) is 12.0. The molecule has 0 unspecified atom stereocenters. The number of hydrogen-bond donors (Lipinski definition) is 0. The summed E-state index contributed by atoms with van der Waals surface area (Å²) in [5.74, 6) is 0. The fourth-order valence-corrected chi connectivity index (χ4v) is 1.49. The molecule has 0 amide bonds. The molecular weight excluding hydrogens is 216 g/mol. The minimum atomic E-state index is 0. The van der Waals surface area contributed by atoms with E-state index in [-0.39, 0.29) is 23.1 Å². The van der Waals surface area contributed by atoms with E-state index in [9.17, 15) is 0 Å². The van der Waals surface area contributed by atoms with E-state index in [0.29, 0.717) is 0 Å². The van der Waals surface area contributed by atoms with Crippen molar-refractivity contribution in [1.29, 1.82) is 0 Å². The van der Waals surface area contributed by atoms with Crippen LogP contribution >= 0.6 is 0 Å². The molecule has 0 spiro atoms. The van der Waals surface area contributed by atoms with Gasteiger partial charge >= 0.3 is 23.1 Å². The monoisotopic (exact) mass is 234 g/mol. The quantitative estimate of drug-likeness (QED) is 0.480. The van der Waals surface area contributed by atoms with Crippen LogP contribution in [-0.4, -0.2) is 23.1 Å². The van der Waals surface area contributed by atoms with Crippen LogP contribution in [0.1, 0.15) is 22.3 Å². The SMILES string of the molecule is Cc1c[c-]cc(C)c1.Cc1c[c-]cc(C)c1.[Mg+2]. The van der Waals surface area contributed by atoms with Gasteiger partial charge in [0, 0.05) is 0 Å². The molecule has 0 N–H and O–H groups in total. The van der Waals surface area contributed by atoms with Crippen molar-refractivity contribution in [2.24, 2.45) is 0 Å². The molecule has 0 bridgehead atoms. The maximum Gasteiger partial charge on any atom is 2.00 e. The Kier molecular flexibility index (Phi) is 7.93. The Morgan fingerprint density at radius 2 is 0.824 bits per heavy atom. The second-order valence-corrected chi connectivity index (χ2v) is 4.18. The average molecular weight is 235 g/mol. The average Bonchev–Trinajstić information content (AvgIpc) is 2.17. The van der Waals surface area contributed by atoms with Crippen molar-refractivity contribution in [3.8, 4) is 0 Å². The second-order valence-electron chi connectivity index (χ2n) is 4.18. The number of aryl methyl sites for hydroxylation is 4. The Bertz CT molecular complexity index is 369. The molecule has 0 aliphatic carbocycles. The molecule has 0 aromatic heterocycles. The maximum atomic E-state index is 3.03. The van der Waals surface area contributed by atoms with Crippen LogP contribution in [0, 0.1) is 39.8 Å². The molecule has 0 fully saturated rings. The molecule has 0 aliphatic heterocycles. The topological polar surface area (TPSA) is 0 Å². The first kappa shape index (κ1) is 16.2. The molecule has 0 heterocycles. The van der Waals surface area contributed by atoms with E-state index in [1.807, 2.05) is 24.3 Å². The maximum absolute atomic E-state index is 3.03. The van der Waals surface area contributed by atoms with Crippen molar-refractivity contribution in [3.63, 3.8) is 0 Å². The van der Waals surface area contributed by atoms with Crippen LogP contribution in [0.2, 0.25) is 0 Å². The van der Waals surface area contributed by atoms with Crippen molar-refractivity contribution in [1.82, 2.24) is 0 Å². The van der Waals surface area contributed by atoms with Crippen LogP contribution in [0.4, 0.5) is 0 Å². The smallest absolute Gasteiger partial charge is 0.183 e. The summed E-state index contributed by atoms with van der Waals surface area (Å²) in [4.78, 5) is 0. The molecule has 0 saturated carbocycles. The van der Waals surface area contributed by atoms with E-state index >= 15 is 0 Å². The van der Waals surface area contributed by atoms with E-state index in [1.54, 1.807) is 0 Å². The summed E-state index contributed by atoms with van der Waals surface area (Å²) in [6, 6.07) is 18.2. The van der Waals surface area contributed by atoms with Gasteiger partial charge in [0.1, 0.15) is 0 Å². The molecule has 84 valence electrons. The molecule has 0 nitrogen and oxygen atoms in total. The van der Waals surface area contributed by atoms with Crippen LogP contribution in [0.25, 0.3) is 0 Å². The van der Waals surface area contributed by atoms with Gasteiger partial charge in [-0.05, 0) is 0 Å². The Hall–Kier alpha value is -0.794. The van der Waals surface area contributed by atoms with Crippen molar-refractivity contribution in [2.75, 3.05) is 0 Å². The summed E-state index contributed by atoms with van der Waals surface area (Å²) in [6.45, 7) is 8.29. The predicted molar refractivity (Wildman–Crippen MR) is 75.3 cm³/mol. The summed E-state index contributed by atoms with van der Waals surface area (Å²) in [7, 11) is 0. The van der Waals surface area contributed by atoms with Gasteiger partial charge in [0.05, 0.1) is 0 Å². The van der Waals surface area contributed by atoms with Crippen LogP contribution in [0.3, 0.4) is 0 Å². The molecule has 2 aromatic rings. The summed E-state index contributed by atoms with van der Waals surface area (Å²) in [6.07, 6.45) is 0. The molecule has 0 aliphatic rings. The van der Waals surface area contributed by atoms with Crippen LogP contribution < -0.4 is 0 Å². The third kappa shape index (κ3) is 7.19. The third-order valence-corrected chi connectivity index (χ3v) is 2.15. The number of benzene rings is 2. The number of rotatable bonds is 0. The predicted octanol–water partition coefficient (Wildman–Crippen LogP) is 3.83. The minimum absolute atomic E-state index is 0. The van der Waals surface area contributed by atoms with Crippen LogP contribution in [0.15, 0.2) is 36.4 Å². The van der Waals surface area contributed by atoms with Crippen molar-refractivity contribution in [3.05, 3.63) is 70.8 Å². The summed E-state index contributed by atoms with van der Waals surface area (Å²) in [5.41, 5.74) is 5.13. The van der Waals surface area contributed by atoms with Gasteiger partial charge in [0.15, 0.2) is 0 Å². The Balaban J connectivity index is 0.000000284. The molecule has 0 radical (unpaired) electrons. The Labute approximate surface area is 121 Å². The minimum Gasteiger partial charge on any atom is -0.183 e. The van der Waals surface area contributed by atoms with Gasteiger partial charge in [-0.3, -0.25) is 0 Å². The molecule has 0 atom stereocenters. The molecule has 2 rings (SSSR count). The fraction of sp³-hybridized carbons (Fsp3) is 0.250. The van der Waals surface area contributed by atoms with Crippen molar-refractivity contribution >= 4 is 23.1 Å². The van der Waals surface area contributed by atoms with Gasteiger partial charge in [0.25, 0.3) is 0 Å². The van der Waals surface area contributed by atoms with E-state index in [1.165, 1.54) is 22.3 Å². The van der Waals surface area contributed by atoms with E-state index in [2.05, 4.69) is 52.0 Å². The summed E-state index contributed by atoms with van der Waals surface area (Å²) >= 11 is 0. The normalized spacial score (nSPS) is 8.71. The third-order valence-electron chi connectivity index (χ3n) is 2.15. The number of hydrogen-bond acceptors (Lipinski definition) is 0. The zero-order valence-corrected chi connectivity index (χ0v) is 12.6. The van der Waals surface area contributed by atoms with Gasteiger partial charge in [-0.15, -0.1) is 0 Å². The molecule has 1 heteroatoms. The molecule has 17 heavy (non-hydrogen) atoms. The first-order valence-electron chi connectivity index (χ1n) is 5.46. The van der Waals surface area contributed by atoms with Crippen molar-refractivity contribution in [2.45, 2.75) is 27.7 Å². The van der Waals surface area contributed by atoms with Gasteiger partial charge < -0.3 is 0 Å². The largest absolute Gasteiger partial charge is 2.00 e. The molecule has 2 aromatic carbocycles. The van der Waals surface area contributed by atoms with Gasteiger partial charge in [-0.25, -0.2) is 0 Å². The standard InChI is InChI=1S/2C8H9.Mg/c2*1-7-4-3-5-8(2)6-7;/h2*4-6H,1-2H3;/q2*-1;+2. The zero-order valence-electron chi connectivity index (χ0n) is 11.2. The molecular formula is C16H18Mg. The van der Waals surface area contributed by atoms with E-state index < -0.39 is 0 Å². The van der Waals surface area contributed by atoms with E-state index in [0.717, 1.165) is 0 Å². The van der Waals surface area contributed by atoms with Gasteiger partial charge in [-0.1, -0.05) is 27.7 Å². The van der Waals surface area contributed by atoms with Crippen molar-refractivity contribution < 1.29 is 0 Å². The van der Waals surface area contributed by atoms with Gasteiger partial charge in [0.2, 0.25) is 0 Å². The van der Waals surface area contributed by atoms with Crippen LogP contribution in [-0.2, 0) is 0 Å².